The van der Waals surface area contributed by atoms with Gasteiger partial charge in [0.15, 0.2) is 0 Å². The Kier molecular flexibility index (Phi) is 7.44. The summed E-state index contributed by atoms with van der Waals surface area (Å²) in [6, 6.07) is 0. The third-order valence-electron chi connectivity index (χ3n) is 0.487. The molecule has 2 N–H and O–H groups in total. The fraction of sp³-hybridized carbons (Fsp3) is 1.00. The summed E-state index contributed by atoms with van der Waals surface area (Å²) in [6.07, 6.45) is 0. The fourth-order valence-electron chi connectivity index (χ4n) is 0.199. The first-order valence-electron chi connectivity index (χ1n) is 2.44. The van der Waals surface area contributed by atoms with Crippen molar-refractivity contribution >= 4 is 11.8 Å². The Morgan fingerprint density at radius 3 is 2.75 bits per heavy atom. The Morgan fingerprint density at radius 1 is 1.50 bits per heavy atom. The second kappa shape index (κ2) is 7.23. The maximum absolute atomic E-state index is 4.95. The minimum Gasteiger partial charge on any atom is -0.306 e. The van der Waals surface area contributed by atoms with E-state index < -0.39 is 0 Å². The van der Waals surface area contributed by atoms with Gasteiger partial charge in [-0.1, -0.05) is 6.92 Å². The van der Waals surface area contributed by atoms with Crippen molar-refractivity contribution in [2.45, 2.75) is 6.92 Å². The Balaban J connectivity index is 2.53. The van der Waals surface area contributed by atoms with E-state index in [4.69, 9.17) is 5.73 Å². The molecule has 0 fully saturated rings. The van der Waals surface area contributed by atoms with Crippen LogP contribution in [-0.2, 0) is 9.78 Å². The molecule has 0 aliphatic carbocycles. The topological polar surface area (TPSA) is 44.5 Å². The minimum absolute atomic E-state index is 0.129. The molecule has 0 spiro atoms. The van der Waals surface area contributed by atoms with Crippen molar-refractivity contribution < 1.29 is 9.78 Å². The summed E-state index contributed by atoms with van der Waals surface area (Å²) < 4.78 is 0. The average molecular weight is 137 g/mol. The van der Waals surface area contributed by atoms with Gasteiger partial charge in [0.2, 0.25) is 0 Å². The second-order valence-corrected chi connectivity index (χ2v) is 2.23. The number of hydrogen-bond donors (Lipinski definition) is 1. The molecule has 0 bridgehead atoms. The van der Waals surface area contributed by atoms with Crippen molar-refractivity contribution in [2.75, 3.05) is 18.4 Å². The molecule has 0 radical (unpaired) electrons. The first kappa shape index (κ1) is 8.23. The zero-order valence-electron chi connectivity index (χ0n) is 4.92. The lowest BCUT2D eigenvalue weighted by atomic mass is 11.0. The Hall–Kier alpha value is 0.230. The molecular weight excluding hydrogens is 126 g/mol. The summed E-state index contributed by atoms with van der Waals surface area (Å²) in [6.45, 7) is 2.18. The molecule has 0 aromatic carbocycles. The van der Waals surface area contributed by atoms with Crippen molar-refractivity contribution in [1.82, 2.24) is 0 Å². The Bertz CT molecular complexity index is 39.0. The Morgan fingerprint density at radius 2 is 2.25 bits per heavy atom. The molecule has 50 valence electrons. The van der Waals surface area contributed by atoms with Crippen LogP contribution < -0.4 is 5.73 Å². The zero-order valence-corrected chi connectivity index (χ0v) is 5.74. The summed E-state index contributed by atoms with van der Waals surface area (Å²) in [7, 11) is 0. The number of thioether (sulfide) groups is 1. The van der Waals surface area contributed by atoms with Crippen LogP contribution in [-0.4, -0.2) is 18.4 Å². The molecule has 0 aliphatic rings. The molecule has 0 unspecified atom stereocenters. The van der Waals surface area contributed by atoms with Crippen molar-refractivity contribution in [2.24, 2.45) is 5.73 Å². The molecule has 0 aromatic heterocycles. The van der Waals surface area contributed by atoms with Crippen molar-refractivity contribution in [3.05, 3.63) is 0 Å². The average Bonchev–Trinajstić information content (AvgIpc) is 1.81. The molecule has 0 amide bonds. The second-order valence-electron chi connectivity index (χ2n) is 1.01. The van der Waals surface area contributed by atoms with Gasteiger partial charge in [-0.3, -0.25) is 0 Å². The van der Waals surface area contributed by atoms with Gasteiger partial charge >= 0.3 is 0 Å². The van der Waals surface area contributed by atoms with E-state index in [0.29, 0.717) is 5.94 Å². The molecule has 0 aromatic rings. The minimum atomic E-state index is 0.129. The van der Waals surface area contributed by atoms with Crippen molar-refractivity contribution in [3.8, 4) is 0 Å². The Labute approximate surface area is 53.5 Å². The van der Waals surface area contributed by atoms with E-state index in [9.17, 15) is 0 Å². The van der Waals surface area contributed by atoms with Crippen LogP contribution in [0.3, 0.4) is 0 Å². The summed E-state index contributed by atoms with van der Waals surface area (Å²) in [4.78, 5) is 8.95. The van der Waals surface area contributed by atoms with Gasteiger partial charge in [-0.2, -0.15) is 0 Å². The van der Waals surface area contributed by atoms with E-state index in [-0.39, 0.29) is 6.73 Å². The molecule has 0 rings (SSSR count). The molecule has 4 heteroatoms. The van der Waals surface area contributed by atoms with Crippen LogP contribution in [0.2, 0.25) is 0 Å². The highest BCUT2D eigenvalue weighted by Gasteiger charge is 1.82. The smallest absolute Gasteiger partial charge is 0.130 e. The maximum atomic E-state index is 4.95. The predicted octanol–water partition coefficient (Wildman–Crippen LogP) is 0.561. The highest BCUT2D eigenvalue weighted by Crippen LogP contribution is 1.97. The van der Waals surface area contributed by atoms with Crippen LogP contribution in [0.5, 0.6) is 0 Å². The van der Waals surface area contributed by atoms with E-state index in [1.54, 1.807) is 11.8 Å². The lowest BCUT2D eigenvalue weighted by Gasteiger charge is -1.97. The summed E-state index contributed by atoms with van der Waals surface area (Å²) in [5, 5.41) is 0. The quantitative estimate of drug-likeness (QED) is 0.260. The van der Waals surface area contributed by atoms with E-state index in [1.807, 2.05) is 0 Å². The number of rotatable bonds is 5. The third-order valence-corrected chi connectivity index (χ3v) is 1.16. The van der Waals surface area contributed by atoms with E-state index in [0.717, 1.165) is 5.75 Å². The first-order valence-corrected chi connectivity index (χ1v) is 3.59. The highest BCUT2D eigenvalue weighted by atomic mass is 32.2. The molecule has 0 saturated carbocycles. The van der Waals surface area contributed by atoms with Crippen LogP contribution >= 0.6 is 11.8 Å². The largest absolute Gasteiger partial charge is 0.306 e. The predicted molar refractivity (Wildman–Crippen MR) is 34.2 cm³/mol. The van der Waals surface area contributed by atoms with Gasteiger partial charge in [0.05, 0.1) is 0 Å². The van der Waals surface area contributed by atoms with Crippen LogP contribution in [0.1, 0.15) is 6.92 Å². The molecule has 0 heterocycles. The maximum Gasteiger partial charge on any atom is 0.130 e. The molecule has 0 saturated heterocycles. The van der Waals surface area contributed by atoms with E-state index in [1.165, 1.54) is 0 Å². The van der Waals surface area contributed by atoms with Crippen molar-refractivity contribution in [3.63, 3.8) is 0 Å². The summed E-state index contributed by atoms with van der Waals surface area (Å²) >= 11 is 1.65. The van der Waals surface area contributed by atoms with Crippen LogP contribution in [0.15, 0.2) is 0 Å². The third kappa shape index (κ3) is 6.23. The fourth-order valence-corrected chi connectivity index (χ4v) is 0.502. The van der Waals surface area contributed by atoms with Gasteiger partial charge in [0.1, 0.15) is 12.7 Å². The first-order chi connectivity index (χ1) is 3.91. The summed E-state index contributed by atoms with van der Waals surface area (Å²) in [5.41, 5.74) is 4.95. The summed E-state index contributed by atoms with van der Waals surface area (Å²) in [5.74, 6) is 1.60. The highest BCUT2D eigenvalue weighted by molar-refractivity contribution is 7.99. The van der Waals surface area contributed by atoms with Gasteiger partial charge in [0, 0.05) is 0 Å². The van der Waals surface area contributed by atoms with Crippen LogP contribution in [0.4, 0.5) is 0 Å². The van der Waals surface area contributed by atoms with Gasteiger partial charge in [0.25, 0.3) is 0 Å². The van der Waals surface area contributed by atoms with Gasteiger partial charge < -0.3 is 5.73 Å². The van der Waals surface area contributed by atoms with Gasteiger partial charge in [-0.25, -0.2) is 9.78 Å². The van der Waals surface area contributed by atoms with E-state index >= 15 is 0 Å². The van der Waals surface area contributed by atoms with Crippen LogP contribution in [0, 0.1) is 0 Å². The number of hydrogen-bond acceptors (Lipinski definition) is 4. The standard InChI is InChI=1S/C4H11NO2S/c1-2-8-4-7-6-3-5/h2-5H2,1H3. The monoisotopic (exact) mass is 137 g/mol. The van der Waals surface area contributed by atoms with Gasteiger partial charge in [-0.15, -0.1) is 11.8 Å². The lowest BCUT2D eigenvalue weighted by Crippen LogP contribution is -2.04. The van der Waals surface area contributed by atoms with Crippen LogP contribution in [0.25, 0.3) is 0 Å². The zero-order chi connectivity index (χ0) is 6.24. The molecule has 0 atom stereocenters. The molecule has 3 nitrogen and oxygen atoms in total. The van der Waals surface area contributed by atoms with E-state index in [2.05, 4.69) is 16.7 Å². The van der Waals surface area contributed by atoms with Gasteiger partial charge in [-0.05, 0) is 5.75 Å². The molecule has 8 heavy (non-hydrogen) atoms. The number of nitrogens with two attached hydrogens (primary N) is 1. The molecule has 0 aliphatic heterocycles. The lowest BCUT2D eigenvalue weighted by molar-refractivity contribution is -0.277. The van der Waals surface area contributed by atoms with Crippen molar-refractivity contribution in [1.29, 1.82) is 0 Å². The molecular formula is C4H11NO2S. The SMILES string of the molecule is CCSCOOCN. The normalized spacial score (nSPS) is 9.75.